The van der Waals surface area contributed by atoms with E-state index in [0.717, 1.165) is 0 Å². The van der Waals surface area contributed by atoms with Gasteiger partial charge in [0, 0.05) is 0 Å². The maximum atomic E-state index is 11.6. The average molecular weight is 292 g/mol. The zero-order chi connectivity index (χ0) is 14.4. The third kappa shape index (κ3) is 4.91. The second-order valence-electron chi connectivity index (χ2n) is 4.12. The minimum Gasteiger partial charge on any atom is -0.404 e. The summed E-state index contributed by atoms with van der Waals surface area (Å²) in [6.07, 6.45) is 0. The van der Waals surface area contributed by atoms with Crippen molar-refractivity contribution in [1.29, 1.82) is 0 Å². The molecular weight excluding hydrogens is 275 g/mol. The quantitative estimate of drug-likeness (QED) is 0.504. The molecule has 7 nitrogen and oxygen atoms in total. The van der Waals surface area contributed by atoms with Crippen LogP contribution < -0.4 is 4.52 Å². The van der Waals surface area contributed by atoms with Crippen LogP contribution in [-0.4, -0.2) is 46.6 Å². The minimum absolute atomic E-state index is 0.149. The monoisotopic (exact) mass is 292 g/mol. The van der Waals surface area contributed by atoms with Crippen LogP contribution in [0.4, 0.5) is 0 Å². The predicted molar refractivity (Wildman–Crippen MR) is 66.5 cm³/mol. The lowest BCUT2D eigenvalue weighted by Crippen LogP contribution is -2.38. The average Bonchev–Trinajstić information content (AvgIpc) is 2.41. The molecule has 0 heterocycles. The van der Waals surface area contributed by atoms with Gasteiger partial charge in [0.05, 0.1) is 31.8 Å². The van der Waals surface area contributed by atoms with Gasteiger partial charge in [0.15, 0.2) is 0 Å². The maximum Gasteiger partial charge on any atom is 0.527 e. The maximum absolute atomic E-state index is 11.6. The zero-order valence-electron chi connectivity index (χ0n) is 10.2. The molecule has 0 amide bonds. The molecule has 0 aliphatic heterocycles. The van der Waals surface area contributed by atoms with Crippen molar-refractivity contribution < 1.29 is 33.8 Å². The Bertz CT molecular complexity index is 410. The van der Waals surface area contributed by atoms with Crippen LogP contribution in [0.1, 0.15) is 0 Å². The number of para-hydroxylation sites is 1. The summed E-state index contributed by atoms with van der Waals surface area (Å²) in [5, 5.41) is 27.2. The van der Waals surface area contributed by atoms with Gasteiger partial charge in [-0.15, -0.1) is 0 Å². The van der Waals surface area contributed by atoms with Crippen molar-refractivity contribution in [3.63, 3.8) is 0 Å². The van der Waals surface area contributed by atoms with Crippen LogP contribution in [-0.2, 0) is 9.09 Å². The molecule has 1 rings (SSSR count). The van der Waals surface area contributed by atoms with Gasteiger partial charge in [-0.1, -0.05) is 18.2 Å². The van der Waals surface area contributed by atoms with Gasteiger partial charge < -0.3 is 19.8 Å². The Labute approximate surface area is 110 Å². The van der Waals surface area contributed by atoms with Crippen molar-refractivity contribution >= 4 is 7.82 Å². The Balaban J connectivity index is 2.62. The van der Waals surface area contributed by atoms with Gasteiger partial charge in [0.2, 0.25) is 0 Å². The smallest absolute Gasteiger partial charge is 0.404 e. The van der Waals surface area contributed by atoms with Crippen molar-refractivity contribution in [2.24, 2.45) is 5.41 Å². The summed E-state index contributed by atoms with van der Waals surface area (Å²) in [4.78, 5) is 9.48. The topological polar surface area (TPSA) is 116 Å². The second-order valence-corrected chi connectivity index (χ2v) is 5.50. The summed E-state index contributed by atoms with van der Waals surface area (Å²) in [5.41, 5.74) is -1.39. The van der Waals surface area contributed by atoms with Gasteiger partial charge in [-0.25, -0.2) is 4.57 Å². The predicted octanol–water partition coefficient (Wildman–Crippen LogP) is 0.146. The molecule has 1 atom stereocenters. The van der Waals surface area contributed by atoms with Crippen LogP contribution in [0.15, 0.2) is 30.3 Å². The van der Waals surface area contributed by atoms with Crippen LogP contribution >= 0.6 is 7.82 Å². The number of benzene rings is 1. The van der Waals surface area contributed by atoms with E-state index in [0.29, 0.717) is 0 Å². The number of hydrogen-bond donors (Lipinski definition) is 4. The standard InChI is InChI=1S/C11H17O7P/c12-6-11(7-13,8-14)9-17-19(15,16)18-10-4-2-1-3-5-10/h1-5,12-14H,6-9H2,(H,15,16). The molecule has 0 aliphatic rings. The van der Waals surface area contributed by atoms with Gasteiger partial charge in [0.1, 0.15) is 5.75 Å². The highest BCUT2D eigenvalue weighted by molar-refractivity contribution is 7.47. The Morgan fingerprint density at radius 1 is 1.05 bits per heavy atom. The molecule has 8 heteroatoms. The van der Waals surface area contributed by atoms with Crippen LogP contribution in [0.5, 0.6) is 5.75 Å². The summed E-state index contributed by atoms with van der Waals surface area (Å²) < 4.78 is 21.1. The first-order valence-electron chi connectivity index (χ1n) is 5.51. The van der Waals surface area contributed by atoms with Gasteiger partial charge in [-0.05, 0) is 12.1 Å². The highest BCUT2D eigenvalue weighted by Gasteiger charge is 2.34. The molecule has 19 heavy (non-hydrogen) atoms. The van der Waals surface area contributed by atoms with E-state index < -0.39 is 39.7 Å². The van der Waals surface area contributed by atoms with Gasteiger partial charge in [-0.3, -0.25) is 9.42 Å². The van der Waals surface area contributed by atoms with Gasteiger partial charge >= 0.3 is 7.82 Å². The highest BCUT2D eigenvalue weighted by atomic mass is 31.2. The van der Waals surface area contributed by atoms with Gasteiger partial charge in [-0.2, -0.15) is 0 Å². The third-order valence-electron chi connectivity index (χ3n) is 2.50. The molecule has 0 saturated heterocycles. The Hall–Kier alpha value is -0.950. The fourth-order valence-electron chi connectivity index (χ4n) is 1.15. The molecule has 0 aromatic heterocycles. The molecule has 0 saturated carbocycles. The van der Waals surface area contributed by atoms with Gasteiger partial charge in [0.25, 0.3) is 0 Å². The summed E-state index contributed by atoms with van der Waals surface area (Å²) in [7, 11) is -4.38. The summed E-state index contributed by atoms with van der Waals surface area (Å²) >= 11 is 0. The first kappa shape index (κ1) is 16.1. The lowest BCUT2D eigenvalue weighted by Gasteiger charge is -2.27. The SMILES string of the molecule is O=P(O)(OCC(CO)(CO)CO)Oc1ccccc1. The second kappa shape index (κ2) is 7.00. The molecular formula is C11H17O7P. The Morgan fingerprint density at radius 2 is 1.58 bits per heavy atom. The molecule has 108 valence electrons. The van der Waals surface area contributed by atoms with Crippen LogP contribution in [0.2, 0.25) is 0 Å². The summed E-state index contributed by atoms with van der Waals surface area (Å²) in [5.74, 6) is 0.149. The largest absolute Gasteiger partial charge is 0.527 e. The lowest BCUT2D eigenvalue weighted by molar-refractivity contribution is -0.0312. The lowest BCUT2D eigenvalue weighted by atomic mass is 9.93. The summed E-state index contributed by atoms with van der Waals surface area (Å²) in [6.45, 7) is -2.29. The molecule has 1 aromatic carbocycles. The summed E-state index contributed by atoms with van der Waals surface area (Å²) in [6, 6.07) is 7.90. The molecule has 0 fully saturated rings. The van der Waals surface area contributed by atoms with Crippen LogP contribution in [0.25, 0.3) is 0 Å². The van der Waals surface area contributed by atoms with Crippen LogP contribution in [0.3, 0.4) is 0 Å². The van der Waals surface area contributed by atoms with E-state index in [2.05, 4.69) is 4.52 Å². The molecule has 1 aromatic rings. The van der Waals surface area contributed by atoms with E-state index in [9.17, 15) is 9.46 Å². The van der Waals surface area contributed by atoms with E-state index in [1.807, 2.05) is 0 Å². The number of aliphatic hydroxyl groups is 3. The fourth-order valence-corrected chi connectivity index (χ4v) is 2.02. The number of rotatable bonds is 8. The number of hydrogen-bond acceptors (Lipinski definition) is 6. The molecule has 0 radical (unpaired) electrons. The van der Waals surface area contributed by atoms with E-state index >= 15 is 0 Å². The number of phosphoric acid groups is 1. The normalized spacial score (nSPS) is 14.9. The fraction of sp³-hybridized carbons (Fsp3) is 0.455. The Kier molecular flexibility index (Phi) is 5.93. The minimum atomic E-state index is -4.38. The van der Waals surface area contributed by atoms with Crippen molar-refractivity contribution in [1.82, 2.24) is 0 Å². The van der Waals surface area contributed by atoms with Crippen LogP contribution in [0, 0.1) is 5.41 Å². The molecule has 0 aliphatic carbocycles. The van der Waals surface area contributed by atoms with Crippen molar-refractivity contribution in [3.8, 4) is 5.75 Å². The Morgan fingerprint density at radius 3 is 2.05 bits per heavy atom. The molecule has 0 bridgehead atoms. The number of phosphoric ester groups is 1. The van der Waals surface area contributed by atoms with Crippen molar-refractivity contribution in [2.75, 3.05) is 26.4 Å². The van der Waals surface area contributed by atoms with E-state index in [1.54, 1.807) is 18.2 Å². The van der Waals surface area contributed by atoms with E-state index in [1.165, 1.54) is 12.1 Å². The molecule has 1 unspecified atom stereocenters. The zero-order valence-corrected chi connectivity index (χ0v) is 11.1. The third-order valence-corrected chi connectivity index (χ3v) is 3.40. The number of aliphatic hydroxyl groups excluding tert-OH is 3. The van der Waals surface area contributed by atoms with E-state index in [4.69, 9.17) is 19.8 Å². The first-order chi connectivity index (χ1) is 8.97. The van der Waals surface area contributed by atoms with Crippen molar-refractivity contribution in [3.05, 3.63) is 30.3 Å². The van der Waals surface area contributed by atoms with E-state index in [-0.39, 0.29) is 5.75 Å². The van der Waals surface area contributed by atoms with Crippen molar-refractivity contribution in [2.45, 2.75) is 0 Å². The first-order valence-corrected chi connectivity index (χ1v) is 7.01. The highest BCUT2D eigenvalue weighted by Crippen LogP contribution is 2.44. The molecule has 0 spiro atoms. The molecule has 4 N–H and O–H groups in total.